The molecular weight excluding hydrogens is 356 g/mol. The zero-order chi connectivity index (χ0) is 18.9. The topological polar surface area (TPSA) is 77.4 Å². The molecule has 28 heavy (non-hydrogen) atoms. The Balaban J connectivity index is 1.43. The van der Waals surface area contributed by atoms with Crippen molar-refractivity contribution in [2.24, 2.45) is 0 Å². The van der Waals surface area contributed by atoms with Crippen LogP contribution in [0.3, 0.4) is 0 Å². The second kappa shape index (κ2) is 7.18. The average Bonchev–Trinajstić information content (AvgIpc) is 3.34. The molecule has 7 heteroatoms. The number of rotatable bonds is 5. The second-order valence-electron chi connectivity index (χ2n) is 6.96. The van der Waals surface area contributed by atoms with Crippen LogP contribution in [0.1, 0.15) is 23.0 Å². The van der Waals surface area contributed by atoms with Gasteiger partial charge in [0.05, 0.1) is 6.54 Å². The van der Waals surface area contributed by atoms with Crippen molar-refractivity contribution < 1.29 is 13.8 Å². The fourth-order valence-electron chi connectivity index (χ4n) is 3.78. The van der Waals surface area contributed by atoms with Gasteiger partial charge in [-0.2, -0.15) is 4.98 Å². The Bertz CT molecular complexity index is 1110. The van der Waals surface area contributed by atoms with E-state index in [4.69, 9.17) is 13.8 Å². The number of hydrogen-bond acceptors (Lipinski definition) is 7. The molecule has 4 aromatic rings. The Morgan fingerprint density at radius 2 is 1.96 bits per heavy atom. The van der Waals surface area contributed by atoms with Crippen molar-refractivity contribution in [3.8, 4) is 11.3 Å². The lowest BCUT2D eigenvalue weighted by Crippen LogP contribution is -2.30. The fraction of sp³-hybridized carbons (Fsp3) is 0.286. The molecule has 2 aromatic carbocycles. The number of benzene rings is 2. The quantitative estimate of drug-likeness (QED) is 0.527. The van der Waals surface area contributed by atoms with Crippen LogP contribution in [0, 0.1) is 0 Å². The van der Waals surface area contributed by atoms with Crippen LogP contribution >= 0.6 is 0 Å². The molecule has 0 amide bonds. The predicted molar refractivity (Wildman–Crippen MR) is 102 cm³/mol. The summed E-state index contributed by atoms with van der Waals surface area (Å²) in [5.74, 6) is 2.13. The van der Waals surface area contributed by atoms with Crippen molar-refractivity contribution in [3.05, 3.63) is 65.5 Å². The Labute approximate surface area is 161 Å². The minimum absolute atomic E-state index is 0.327. The minimum atomic E-state index is 0.327. The van der Waals surface area contributed by atoms with E-state index in [9.17, 15) is 0 Å². The first-order valence-electron chi connectivity index (χ1n) is 9.30. The molecule has 0 saturated heterocycles. The molecule has 3 heterocycles. The zero-order valence-electron chi connectivity index (χ0n) is 15.6. The number of ether oxygens (including phenoxy) is 1. The molecule has 7 nitrogen and oxygen atoms in total. The highest BCUT2D eigenvalue weighted by Gasteiger charge is 2.26. The molecule has 0 N–H and O–H groups in total. The molecule has 0 radical (unpaired) electrons. The van der Waals surface area contributed by atoms with Gasteiger partial charge in [-0.1, -0.05) is 52.8 Å². The van der Waals surface area contributed by atoms with Crippen molar-refractivity contribution >= 4 is 10.8 Å². The lowest BCUT2D eigenvalue weighted by atomic mass is 9.97. The van der Waals surface area contributed by atoms with Crippen molar-refractivity contribution in [3.63, 3.8) is 0 Å². The highest BCUT2D eigenvalue weighted by molar-refractivity contribution is 5.96. The summed E-state index contributed by atoms with van der Waals surface area (Å²) in [6.45, 7) is 2.55. The monoisotopic (exact) mass is 376 g/mol. The summed E-state index contributed by atoms with van der Waals surface area (Å²) >= 11 is 0. The Kier molecular flexibility index (Phi) is 4.38. The van der Waals surface area contributed by atoms with Crippen LogP contribution in [-0.4, -0.2) is 33.9 Å². The third kappa shape index (κ3) is 3.08. The van der Waals surface area contributed by atoms with E-state index in [1.165, 1.54) is 10.8 Å². The maximum atomic E-state index is 5.68. The van der Waals surface area contributed by atoms with Crippen LogP contribution in [0.4, 0.5) is 0 Å². The number of hydrogen-bond donors (Lipinski definition) is 0. The Morgan fingerprint density at radius 3 is 2.89 bits per heavy atom. The molecule has 0 atom stereocenters. The SMILES string of the molecule is COCc1nc(CN2CCc3onc(-c4cccc5ccccc45)c3C2)no1. The van der Waals surface area contributed by atoms with Gasteiger partial charge in [0.25, 0.3) is 5.89 Å². The van der Waals surface area contributed by atoms with Crippen molar-refractivity contribution in [2.45, 2.75) is 26.1 Å². The lowest BCUT2D eigenvalue weighted by molar-refractivity contribution is 0.151. The predicted octanol–water partition coefficient (Wildman–Crippen LogP) is 3.58. The highest BCUT2D eigenvalue weighted by atomic mass is 16.5. The first-order valence-corrected chi connectivity index (χ1v) is 9.30. The molecule has 1 aliphatic rings. The molecule has 0 saturated carbocycles. The summed E-state index contributed by atoms with van der Waals surface area (Å²) in [4.78, 5) is 6.66. The van der Waals surface area contributed by atoms with Crippen LogP contribution in [0.5, 0.6) is 0 Å². The molecule has 0 fully saturated rings. The fourth-order valence-corrected chi connectivity index (χ4v) is 3.78. The van der Waals surface area contributed by atoms with E-state index in [1.807, 2.05) is 0 Å². The van der Waals surface area contributed by atoms with E-state index in [2.05, 4.69) is 62.7 Å². The third-order valence-electron chi connectivity index (χ3n) is 5.09. The molecule has 1 aliphatic heterocycles. The molecule has 0 bridgehead atoms. The molecular formula is C21H20N4O3. The van der Waals surface area contributed by atoms with Gasteiger partial charge in [-0.25, -0.2) is 0 Å². The van der Waals surface area contributed by atoms with Crippen LogP contribution < -0.4 is 0 Å². The number of nitrogens with zero attached hydrogens (tertiary/aromatic N) is 4. The Hall–Kier alpha value is -3.03. The summed E-state index contributed by atoms with van der Waals surface area (Å²) in [5.41, 5.74) is 3.17. The minimum Gasteiger partial charge on any atom is -0.375 e. The average molecular weight is 376 g/mol. The van der Waals surface area contributed by atoms with Gasteiger partial charge in [-0.3, -0.25) is 4.90 Å². The smallest absolute Gasteiger partial charge is 0.252 e. The molecule has 0 spiro atoms. The lowest BCUT2D eigenvalue weighted by Gasteiger charge is -2.24. The normalized spacial score (nSPS) is 14.5. The largest absolute Gasteiger partial charge is 0.375 e. The Morgan fingerprint density at radius 1 is 1.07 bits per heavy atom. The van der Waals surface area contributed by atoms with Gasteiger partial charge in [-0.05, 0) is 10.8 Å². The standard InChI is InChI=1S/C21H20N4O3/c1-26-13-20-22-19(23-28-20)12-25-10-9-18-17(11-25)21(24-27-18)16-8-4-6-14-5-2-3-7-15(14)16/h2-8H,9-13H2,1H3. The van der Waals surface area contributed by atoms with Crippen molar-refractivity contribution in [2.75, 3.05) is 13.7 Å². The summed E-state index contributed by atoms with van der Waals surface area (Å²) in [7, 11) is 1.61. The van der Waals surface area contributed by atoms with Gasteiger partial charge < -0.3 is 13.8 Å². The van der Waals surface area contributed by atoms with Gasteiger partial charge in [-0.15, -0.1) is 0 Å². The molecule has 5 rings (SSSR count). The first-order chi connectivity index (χ1) is 13.8. The third-order valence-corrected chi connectivity index (χ3v) is 5.09. The first kappa shape index (κ1) is 17.1. The summed E-state index contributed by atoms with van der Waals surface area (Å²) in [6.07, 6.45) is 0.815. The second-order valence-corrected chi connectivity index (χ2v) is 6.96. The molecule has 0 unspecified atom stereocenters. The van der Waals surface area contributed by atoms with E-state index in [1.54, 1.807) is 7.11 Å². The van der Waals surface area contributed by atoms with Crippen LogP contribution in [0.25, 0.3) is 22.0 Å². The van der Waals surface area contributed by atoms with E-state index in [0.29, 0.717) is 24.9 Å². The van der Waals surface area contributed by atoms with Crippen LogP contribution in [0.2, 0.25) is 0 Å². The maximum Gasteiger partial charge on any atom is 0.252 e. The van der Waals surface area contributed by atoms with E-state index >= 15 is 0 Å². The summed E-state index contributed by atoms with van der Waals surface area (Å²) in [5, 5.41) is 10.8. The van der Waals surface area contributed by atoms with Gasteiger partial charge in [0, 0.05) is 37.7 Å². The van der Waals surface area contributed by atoms with E-state index < -0.39 is 0 Å². The number of aromatic nitrogens is 3. The van der Waals surface area contributed by atoms with Gasteiger partial charge in [0.15, 0.2) is 5.82 Å². The molecule has 2 aromatic heterocycles. The van der Waals surface area contributed by atoms with E-state index in [-0.39, 0.29) is 0 Å². The van der Waals surface area contributed by atoms with Gasteiger partial charge in [0.2, 0.25) is 0 Å². The van der Waals surface area contributed by atoms with Gasteiger partial charge >= 0.3 is 0 Å². The summed E-state index contributed by atoms with van der Waals surface area (Å²) < 4.78 is 15.9. The van der Waals surface area contributed by atoms with Crippen molar-refractivity contribution in [1.29, 1.82) is 0 Å². The molecule has 0 aliphatic carbocycles. The number of fused-ring (bicyclic) bond motifs is 2. The van der Waals surface area contributed by atoms with E-state index in [0.717, 1.165) is 42.1 Å². The summed E-state index contributed by atoms with van der Waals surface area (Å²) in [6, 6.07) is 14.6. The zero-order valence-corrected chi connectivity index (χ0v) is 15.6. The van der Waals surface area contributed by atoms with Gasteiger partial charge in [0.1, 0.15) is 18.1 Å². The number of methoxy groups -OCH3 is 1. The van der Waals surface area contributed by atoms with Crippen LogP contribution in [0.15, 0.2) is 51.5 Å². The van der Waals surface area contributed by atoms with Crippen molar-refractivity contribution in [1.82, 2.24) is 20.2 Å². The highest BCUT2D eigenvalue weighted by Crippen LogP contribution is 2.34. The maximum absolute atomic E-state index is 5.68. The molecule has 142 valence electrons. The van der Waals surface area contributed by atoms with Crippen LogP contribution in [-0.2, 0) is 30.9 Å².